The molecule has 0 aliphatic carbocycles. The number of anilines is 1. The van der Waals surface area contributed by atoms with Crippen molar-refractivity contribution >= 4 is 27.3 Å². The van der Waals surface area contributed by atoms with E-state index in [4.69, 9.17) is 22.1 Å². The van der Waals surface area contributed by atoms with Gasteiger partial charge in [0.05, 0.1) is 10.7 Å². The SMILES string of the molecule is CN(C1CCOCC1)S(=O)(=O)c1c(N)cccc1Cl. The predicted molar refractivity (Wildman–Crippen MR) is 74.7 cm³/mol. The van der Waals surface area contributed by atoms with Gasteiger partial charge in [0, 0.05) is 26.3 Å². The number of hydrogen-bond donors (Lipinski definition) is 1. The molecule has 0 spiro atoms. The number of hydrogen-bond acceptors (Lipinski definition) is 4. The number of ether oxygens (including phenoxy) is 1. The Morgan fingerprint density at radius 2 is 2.00 bits per heavy atom. The van der Waals surface area contributed by atoms with Crippen molar-refractivity contribution in [1.29, 1.82) is 0 Å². The molecule has 0 atom stereocenters. The Kier molecular flexibility index (Phi) is 4.35. The highest BCUT2D eigenvalue weighted by molar-refractivity contribution is 7.89. The monoisotopic (exact) mass is 304 g/mol. The Morgan fingerprint density at radius 3 is 2.58 bits per heavy atom. The Balaban J connectivity index is 2.36. The second kappa shape index (κ2) is 5.66. The minimum atomic E-state index is -3.68. The van der Waals surface area contributed by atoms with Gasteiger partial charge in [0.2, 0.25) is 10.0 Å². The molecule has 0 radical (unpaired) electrons. The molecular formula is C12H17ClN2O3S. The maximum absolute atomic E-state index is 12.6. The molecule has 1 aliphatic heterocycles. The third-order valence-corrected chi connectivity index (χ3v) is 5.79. The maximum atomic E-state index is 12.6. The molecule has 2 rings (SSSR count). The molecule has 5 nitrogen and oxygen atoms in total. The van der Waals surface area contributed by atoms with Crippen molar-refractivity contribution in [3.8, 4) is 0 Å². The fourth-order valence-electron chi connectivity index (χ4n) is 2.19. The van der Waals surface area contributed by atoms with Crippen LogP contribution >= 0.6 is 11.6 Å². The molecule has 1 aromatic rings. The van der Waals surface area contributed by atoms with Gasteiger partial charge in [0.15, 0.2) is 0 Å². The molecule has 106 valence electrons. The van der Waals surface area contributed by atoms with Crippen LogP contribution in [0.3, 0.4) is 0 Å². The highest BCUT2D eigenvalue weighted by atomic mass is 35.5. The van der Waals surface area contributed by atoms with E-state index in [1.807, 2.05) is 0 Å². The lowest BCUT2D eigenvalue weighted by atomic mass is 10.1. The smallest absolute Gasteiger partial charge is 0.246 e. The largest absolute Gasteiger partial charge is 0.398 e. The van der Waals surface area contributed by atoms with E-state index in [1.54, 1.807) is 13.1 Å². The fraction of sp³-hybridized carbons (Fsp3) is 0.500. The second-order valence-corrected chi connectivity index (χ2v) is 6.86. The lowest BCUT2D eigenvalue weighted by Gasteiger charge is -2.30. The normalized spacial score (nSPS) is 17.8. The molecule has 1 aliphatic rings. The number of nitrogen functional groups attached to an aromatic ring is 1. The third kappa shape index (κ3) is 2.86. The first-order valence-electron chi connectivity index (χ1n) is 6.04. The topological polar surface area (TPSA) is 72.6 Å². The van der Waals surface area contributed by atoms with Gasteiger partial charge in [-0.2, -0.15) is 4.31 Å². The van der Waals surface area contributed by atoms with E-state index >= 15 is 0 Å². The van der Waals surface area contributed by atoms with E-state index in [1.165, 1.54) is 16.4 Å². The van der Waals surface area contributed by atoms with Crippen LogP contribution in [-0.2, 0) is 14.8 Å². The summed E-state index contributed by atoms with van der Waals surface area (Å²) in [7, 11) is -2.12. The van der Waals surface area contributed by atoms with Gasteiger partial charge in [-0.1, -0.05) is 17.7 Å². The Hall–Kier alpha value is -0.820. The molecule has 0 saturated carbocycles. The lowest BCUT2D eigenvalue weighted by Crippen LogP contribution is -2.40. The number of halogens is 1. The van der Waals surface area contributed by atoms with Crippen molar-refractivity contribution in [2.24, 2.45) is 0 Å². The van der Waals surface area contributed by atoms with Crippen LogP contribution in [0.4, 0.5) is 5.69 Å². The molecule has 1 heterocycles. The first-order chi connectivity index (χ1) is 8.94. The molecule has 0 unspecified atom stereocenters. The van der Waals surface area contributed by atoms with E-state index in [9.17, 15) is 8.42 Å². The summed E-state index contributed by atoms with van der Waals surface area (Å²) in [6.45, 7) is 1.14. The van der Waals surface area contributed by atoms with Crippen LogP contribution < -0.4 is 5.73 Å². The van der Waals surface area contributed by atoms with Crippen LogP contribution in [0.25, 0.3) is 0 Å². The molecule has 1 aromatic carbocycles. The molecular weight excluding hydrogens is 288 g/mol. The van der Waals surface area contributed by atoms with Gasteiger partial charge in [0.1, 0.15) is 4.90 Å². The van der Waals surface area contributed by atoms with Gasteiger partial charge in [-0.25, -0.2) is 8.42 Å². The second-order valence-electron chi connectivity index (χ2n) is 4.52. The van der Waals surface area contributed by atoms with Crippen LogP contribution in [0, 0.1) is 0 Å². The van der Waals surface area contributed by atoms with Crippen molar-refractivity contribution in [3.05, 3.63) is 23.2 Å². The zero-order chi connectivity index (χ0) is 14.0. The predicted octanol–water partition coefficient (Wildman–Crippen LogP) is 1.72. The number of sulfonamides is 1. The van der Waals surface area contributed by atoms with E-state index in [0.717, 1.165) is 0 Å². The molecule has 0 amide bonds. The summed E-state index contributed by atoms with van der Waals surface area (Å²) < 4.78 is 31.8. The van der Waals surface area contributed by atoms with E-state index in [2.05, 4.69) is 0 Å². The van der Waals surface area contributed by atoms with Crippen LogP contribution in [0.2, 0.25) is 5.02 Å². The average molecular weight is 305 g/mol. The molecule has 7 heteroatoms. The van der Waals surface area contributed by atoms with Crippen LogP contribution in [0.15, 0.2) is 23.1 Å². The third-order valence-electron chi connectivity index (χ3n) is 3.34. The summed E-state index contributed by atoms with van der Waals surface area (Å²) in [5, 5.41) is 0.152. The highest BCUT2D eigenvalue weighted by Crippen LogP contribution is 2.31. The maximum Gasteiger partial charge on any atom is 0.246 e. The summed E-state index contributed by atoms with van der Waals surface area (Å²) in [6, 6.07) is 4.62. The molecule has 2 N–H and O–H groups in total. The van der Waals surface area contributed by atoms with Gasteiger partial charge in [0.25, 0.3) is 0 Å². The molecule has 1 saturated heterocycles. The van der Waals surface area contributed by atoms with Crippen molar-refractivity contribution in [2.45, 2.75) is 23.8 Å². The van der Waals surface area contributed by atoms with E-state index in [-0.39, 0.29) is 21.6 Å². The molecule has 0 aromatic heterocycles. The molecule has 0 bridgehead atoms. The number of nitrogens with two attached hydrogens (primary N) is 1. The van der Waals surface area contributed by atoms with Crippen LogP contribution in [-0.4, -0.2) is 39.0 Å². The quantitative estimate of drug-likeness (QED) is 0.863. The van der Waals surface area contributed by atoms with Crippen molar-refractivity contribution in [3.63, 3.8) is 0 Å². The van der Waals surface area contributed by atoms with Gasteiger partial charge in [-0.3, -0.25) is 0 Å². The average Bonchev–Trinajstić information content (AvgIpc) is 2.38. The van der Waals surface area contributed by atoms with Gasteiger partial charge < -0.3 is 10.5 Å². The number of rotatable bonds is 3. The summed E-state index contributed by atoms with van der Waals surface area (Å²) in [5.41, 5.74) is 5.93. The summed E-state index contributed by atoms with van der Waals surface area (Å²) in [5.74, 6) is 0. The van der Waals surface area contributed by atoms with E-state index < -0.39 is 10.0 Å². The van der Waals surface area contributed by atoms with E-state index in [0.29, 0.717) is 26.1 Å². The zero-order valence-corrected chi connectivity index (χ0v) is 12.2. The molecule has 1 fully saturated rings. The van der Waals surface area contributed by atoms with Crippen molar-refractivity contribution in [2.75, 3.05) is 26.0 Å². The van der Waals surface area contributed by atoms with Crippen LogP contribution in [0.1, 0.15) is 12.8 Å². The van der Waals surface area contributed by atoms with Crippen LogP contribution in [0.5, 0.6) is 0 Å². The Labute approximate surface area is 118 Å². The first-order valence-corrected chi connectivity index (χ1v) is 7.86. The van der Waals surface area contributed by atoms with Crippen molar-refractivity contribution in [1.82, 2.24) is 4.31 Å². The first kappa shape index (κ1) is 14.6. The van der Waals surface area contributed by atoms with Gasteiger partial charge >= 0.3 is 0 Å². The highest BCUT2D eigenvalue weighted by Gasteiger charge is 2.32. The Morgan fingerprint density at radius 1 is 1.37 bits per heavy atom. The summed E-state index contributed by atoms with van der Waals surface area (Å²) >= 11 is 5.99. The summed E-state index contributed by atoms with van der Waals surface area (Å²) in [6.07, 6.45) is 1.36. The minimum Gasteiger partial charge on any atom is -0.398 e. The van der Waals surface area contributed by atoms with Gasteiger partial charge in [-0.15, -0.1) is 0 Å². The standard InChI is InChI=1S/C12H17ClN2O3S/c1-15(9-5-7-18-8-6-9)19(16,17)12-10(13)3-2-4-11(12)14/h2-4,9H,5-8,14H2,1H3. The zero-order valence-electron chi connectivity index (χ0n) is 10.7. The summed E-state index contributed by atoms with van der Waals surface area (Å²) in [4.78, 5) is -0.00865. The lowest BCUT2D eigenvalue weighted by molar-refractivity contribution is 0.0632. The fourth-order valence-corrected chi connectivity index (χ4v) is 4.23. The Bertz CT molecular complexity index is 536. The van der Waals surface area contributed by atoms with Crippen molar-refractivity contribution < 1.29 is 13.2 Å². The minimum absolute atomic E-state index is 0.00865. The van der Waals surface area contributed by atoms with Gasteiger partial charge in [-0.05, 0) is 25.0 Å². The molecule has 19 heavy (non-hydrogen) atoms. The number of benzene rings is 1. The number of nitrogens with zero attached hydrogens (tertiary/aromatic N) is 1.